The molecule has 2 N–H and O–H groups in total. The smallest absolute Gasteiger partial charge is 0.128 e. The topological polar surface area (TPSA) is 44.5 Å². The van der Waals surface area contributed by atoms with Crippen LogP contribution in [0.1, 0.15) is 44.7 Å². The molecule has 0 spiro atoms. The SMILES string of the molecule is C=CCCCOc1ccc2c(c1)OC(C)(C)CC2N. The fourth-order valence-electron chi connectivity index (χ4n) is 2.40. The molecule has 0 amide bonds. The van der Waals surface area contributed by atoms with Crippen LogP contribution in [0.2, 0.25) is 0 Å². The molecule has 104 valence electrons. The van der Waals surface area contributed by atoms with Gasteiger partial charge in [0.1, 0.15) is 17.1 Å². The van der Waals surface area contributed by atoms with Crippen LogP contribution in [0, 0.1) is 0 Å². The van der Waals surface area contributed by atoms with Gasteiger partial charge >= 0.3 is 0 Å². The molecule has 0 saturated heterocycles. The molecule has 1 atom stereocenters. The third kappa shape index (κ3) is 3.51. The number of rotatable bonds is 5. The Morgan fingerprint density at radius 2 is 2.32 bits per heavy atom. The van der Waals surface area contributed by atoms with Crippen LogP contribution in [-0.4, -0.2) is 12.2 Å². The Labute approximate surface area is 115 Å². The van der Waals surface area contributed by atoms with E-state index in [0.717, 1.165) is 36.3 Å². The van der Waals surface area contributed by atoms with Crippen molar-refractivity contribution in [2.24, 2.45) is 5.73 Å². The van der Waals surface area contributed by atoms with Gasteiger partial charge in [0, 0.05) is 24.1 Å². The summed E-state index contributed by atoms with van der Waals surface area (Å²) in [6, 6.07) is 5.96. The van der Waals surface area contributed by atoms with E-state index in [1.807, 2.05) is 24.3 Å². The molecule has 0 radical (unpaired) electrons. The largest absolute Gasteiger partial charge is 0.493 e. The Hall–Kier alpha value is -1.48. The normalized spacial score (nSPS) is 20.3. The maximum absolute atomic E-state index is 6.18. The van der Waals surface area contributed by atoms with Gasteiger partial charge in [-0.2, -0.15) is 0 Å². The minimum atomic E-state index is -0.214. The molecule has 1 aromatic carbocycles. The number of unbranched alkanes of at least 4 members (excludes halogenated alkanes) is 1. The minimum absolute atomic E-state index is 0.0357. The highest BCUT2D eigenvalue weighted by Gasteiger charge is 2.31. The van der Waals surface area contributed by atoms with Crippen LogP contribution in [0.25, 0.3) is 0 Å². The Morgan fingerprint density at radius 3 is 3.05 bits per heavy atom. The number of allylic oxidation sites excluding steroid dienone is 1. The lowest BCUT2D eigenvalue weighted by Crippen LogP contribution is -2.37. The molecule has 1 aromatic rings. The highest BCUT2D eigenvalue weighted by Crippen LogP contribution is 2.39. The summed E-state index contributed by atoms with van der Waals surface area (Å²) in [6.45, 7) is 8.52. The second kappa shape index (κ2) is 5.66. The van der Waals surface area contributed by atoms with Crippen molar-refractivity contribution < 1.29 is 9.47 Å². The fraction of sp³-hybridized carbons (Fsp3) is 0.500. The van der Waals surface area contributed by atoms with Crippen LogP contribution in [-0.2, 0) is 0 Å². The molecule has 3 nitrogen and oxygen atoms in total. The van der Waals surface area contributed by atoms with E-state index in [1.165, 1.54) is 0 Å². The zero-order chi connectivity index (χ0) is 13.9. The van der Waals surface area contributed by atoms with E-state index < -0.39 is 0 Å². The van der Waals surface area contributed by atoms with Crippen molar-refractivity contribution in [3.8, 4) is 11.5 Å². The van der Waals surface area contributed by atoms with Crippen molar-refractivity contribution in [1.29, 1.82) is 0 Å². The van der Waals surface area contributed by atoms with Crippen LogP contribution >= 0.6 is 0 Å². The molecule has 0 bridgehead atoms. The van der Waals surface area contributed by atoms with E-state index in [2.05, 4.69) is 20.4 Å². The van der Waals surface area contributed by atoms with Crippen LogP contribution in [0.3, 0.4) is 0 Å². The third-order valence-corrected chi connectivity index (χ3v) is 3.30. The summed E-state index contributed by atoms with van der Waals surface area (Å²) >= 11 is 0. The van der Waals surface area contributed by atoms with Crippen molar-refractivity contribution in [3.05, 3.63) is 36.4 Å². The number of ether oxygens (including phenoxy) is 2. The van der Waals surface area contributed by atoms with E-state index in [1.54, 1.807) is 0 Å². The lowest BCUT2D eigenvalue weighted by atomic mass is 9.90. The van der Waals surface area contributed by atoms with Gasteiger partial charge in [-0.1, -0.05) is 12.1 Å². The van der Waals surface area contributed by atoms with Gasteiger partial charge in [0.05, 0.1) is 6.61 Å². The summed E-state index contributed by atoms with van der Waals surface area (Å²) in [5, 5.41) is 0. The Balaban J connectivity index is 2.08. The predicted molar refractivity (Wildman–Crippen MR) is 77.6 cm³/mol. The first-order chi connectivity index (χ1) is 9.02. The number of hydrogen-bond acceptors (Lipinski definition) is 3. The molecule has 3 heteroatoms. The summed E-state index contributed by atoms with van der Waals surface area (Å²) in [5.74, 6) is 1.69. The Morgan fingerprint density at radius 1 is 1.53 bits per heavy atom. The second-order valence-corrected chi connectivity index (χ2v) is 5.65. The van der Waals surface area contributed by atoms with E-state index >= 15 is 0 Å². The number of hydrogen-bond donors (Lipinski definition) is 1. The molecule has 2 rings (SSSR count). The summed E-state index contributed by atoms with van der Waals surface area (Å²) in [4.78, 5) is 0. The number of nitrogens with two attached hydrogens (primary N) is 1. The van der Waals surface area contributed by atoms with Gasteiger partial charge in [-0.3, -0.25) is 0 Å². The second-order valence-electron chi connectivity index (χ2n) is 5.65. The van der Waals surface area contributed by atoms with Gasteiger partial charge in [-0.15, -0.1) is 6.58 Å². The van der Waals surface area contributed by atoms with E-state index in [4.69, 9.17) is 15.2 Å². The monoisotopic (exact) mass is 261 g/mol. The molecule has 0 aliphatic carbocycles. The molecule has 1 heterocycles. The summed E-state index contributed by atoms with van der Waals surface area (Å²) in [7, 11) is 0. The Kier molecular flexibility index (Phi) is 4.15. The van der Waals surface area contributed by atoms with E-state index in [9.17, 15) is 0 Å². The quantitative estimate of drug-likeness (QED) is 0.650. The zero-order valence-electron chi connectivity index (χ0n) is 11.8. The van der Waals surface area contributed by atoms with Crippen LogP contribution in [0.15, 0.2) is 30.9 Å². The first-order valence-corrected chi connectivity index (χ1v) is 6.84. The lowest BCUT2D eigenvalue weighted by molar-refractivity contribution is 0.0724. The average molecular weight is 261 g/mol. The molecule has 0 saturated carbocycles. The van der Waals surface area contributed by atoms with E-state index in [-0.39, 0.29) is 11.6 Å². The fourth-order valence-corrected chi connectivity index (χ4v) is 2.40. The van der Waals surface area contributed by atoms with Crippen LogP contribution in [0.4, 0.5) is 0 Å². The van der Waals surface area contributed by atoms with Crippen molar-refractivity contribution in [3.63, 3.8) is 0 Å². The molecule has 0 fully saturated rings. The molecular formula is C16H23NO2. The number of fused-ring (bicyclic) bond motifs is 1. The third-order valence-electron chi connectivity index (χ3n) is 3.30. The van der Waals surface area contributed by atoms with Gasteiger partial charge in [0.25, 0.3) is 0 Å². The number of benzene rings is 1. The molecule has 19 heavy (non-hydrogen) atoms. The highest BCUT2D eigenvalue weighted by atomic mass is 16.5. The van der Waals surface area contributed by atoms with Gasteiger partial charge in [0.2, 0.25) is 0 Å². The maximum Gasteiger partial charge on any atom is 0.128 e. The standard InChI is InChI=1S/C16H23NO2/c1-4-5-6-9-18-12-7-8-13-14(17)11-16(2,3)19-15(13)10-12/h4,7-8,10,14H,1,5-6,9,11,17H2,2-3H3. The zero-order valence-corrected chi connectivity index (χ0v) is 11.8. The van der Waals surface area contributed by atoms with E-state index in [0.29, 0.717) is 6.61 Å². The summed E-state index contributed by atoms with van der Waals surface area (Å²) < 4.78 is 11.7. The van der Waals surface area contributed by atoms with Crippen molar-refractivity contribution in [2.45, 2.75) is 44.8 Å². The van der Waals surface area contributed by atoms with Crippen LogP contribution < -0.4 is 15.2 Å². The first-order valence-electron chi connectivity index (χ1n) is 6.84. The van der Waals surface area contributed by atoms with Crippen LogP contribution in [0.5, 0.6) is 11.5 Å². The van der Waals surface area contributed by atoms with Crippen molar-refractivity contribution in [1.82, 2.24) is 0 Å². The minimum Gasteiger partial charge on any atom is -0.493 e. The maximum atomic E-state index is 6.18. The molecule has 1 unspecified atom stereocenters. The Bertz CT molecular complexity index is 454. The lowest BCUT2D eigenvalue weighted by Gasteiger charge is -2.36. The molecule has 0 aromatic heterocycles. The summed E-state index contributed by atoms with van der Waals surface area (Å²) in [6.07, 6.45) is 4.69. The van der Waals surface area contributed by atoms with Gasteiger partial charge in [0.15, 0.2) is 0 Å². The average Bonchev–Trinajstić information content (AvgIpc) is 2.32. The van der Waals surface area contributed by atoms with Crippen molar-refractivity contribution >= 4 is 0 Å². The van der Waals surface area contributed by atoms with Gasteiger partial charge in [-0.05, 0) is 32.8 Å². The molecule has 1 aliphatic heterocycles. The van der Waals surface area contributed by atoms with Gasteiger partial charge in [-0.25, -0.2) is 0 Å². The molecular weight excluding hydrogens is 238 g/mol. The molecule has 1 aliphatic rings. The predicted octanol–water partition coefficient (Wildman–Crippen LogP) is 3.59. The summed E-state index contributed by atoms with van der Waals surface area (Å²) in [5.41, 5.74) is 7.03. The first kappa shape index (κ1) is 13.9. The highest BCUT2D eigenvalue weighted by molar-refractivity contribution is 5.44. The van der Waals surface area contributed by atoms with Gasteiger partial charge < -0.3 is 15.2 Å². The van der Waals surface area contributed by atoms with Crippen molar-refractivity contribution in [2.75, 3.05) is 6.61 Å².